The molecule has 29 heavy (non-hydrogen) atoms. The summed E-state index contributed by atoms with van der Waals surface area (Å²) >= 11 is 0. The molecule has 3 fully saturated rings. The third kappa shape index (κ3) is 8.22. The van der Waals surface area contributed by atoms with Gasteiger partial charge in [-0.05, 0) is 61.2 Å². The van der Waals surface area contributed by atoms with Gasteiger partial charge in [-0.1, -0.05) is 123 Å². The first kappa shape index (κ1) is 23.7. The van der Waals surface area contributed by atoms with E-state index in [0.717, 1.165) is 35.5 Å². The van der Waals surface area contributed by atoms with Gasteiger partial charge in [-0.15, -0.1) is 0 Å². The number of hydrogen-bond donors (Lipinski definition) is 0. The quantitative estimate of drug-likeness (QED) is 0.301. The maximum Gasteiger partial charge on any atom is -0.0386 e. The van der Waals surface area contributed by atoms with E-state index in [2.05, 4.69) is 13.8 Å². The van der Waals surface area contributed by atoms with E-state index in [-0.39, 0.29) is 0 Å². The van der Waals surface area contributed by atoms with Crippen LogP contribution < -0.4 is 0 Å². The van der Waals surface area contributed by atoms with Gasteiger partial charge in [-0.25, -0.2) is 0 Å². The molecule has 0 saturated heterocycles. The molecule has 3 saturated carbocycles. The summed E-state index contributed by atoms with van der Waals surface area (Å²) in [5.41, 5.74) is 0. The highest BCUT2D eigenvalue weighted by molar-refractivity contribution is 4.82. The van der Waals surface area contributed by atoms with Gasteiger partial charge in [0.2, 0.25) is 0 Å². The summed E-state index contributed by atoms with van der Waals surface area (Å²) in [5, 5.41) is 0. The maximum atomic E-state index is 2.40. The fraction of sp³-hybridized carbons (Fsp3) is 1.00. The molecule has 0 aromatic rings. The Labute approximate surface area is 184 Å². The summed E-state index contributed by atoms with van der Waals surface area (Å²) in [4.78, 5) is 0. The van der Waals surface area contributed by atoms with E-state index < -0.39 is 0 Å². The smallest absolute Gasteiger partial charge is 0.0386 e. The third-order valence-electron chi connectivity index (χ3n) is 9.69. The van der Waals surface area contributed by atoms with E-state index in [4.69, 9.17) is 0 Å². The van der Waals surface area contributed by atoms with Gasteiger partial charge in [-0.3, -0.25) is 0 Å². The third-order valence-corrected chi connectivity index (χ3v) is 9.69. The van der Waals surface area contributed by atoms with Gasteiger partial charge < -0.3 is 0 Å². The first-order valence-electron chi connectivity index (χ1n) is 14.3. The summed E-state index contributed by atoms with van der Waals surface area (Å²) in [5.74, 6) is 6.56. The van der Waals surface area contributed by atoms with E-state index in [1.54, 1.807) is 96.3 Å². The molecule has 0 radical (unpaired) electrons. The Hall–Kier alpha value is 0. The summed E-state index contributed by atoms with van der Waals surface area (Å²) in [7, 11) is 0. The van der Waals surface area contributed by atoms with E-state index in [1.165, 1.54) is 38.5 Å². The molecule has 0 heteroatoms. The largest absolute Gasteiger partial charge is 0.0654 e. The maximum absolute atomic E-state index is 2.40. The van der Waals surface area contributed by atoms with E-state index in [0.29, 0.717) is 0 Å². The molecule has 0 amide bonds. The molecular weight excluding hydrogens is 348 g/mol. The van der Waals surface area contributed by atoms with Crippen LogP contribution in [0.3, 0.4) is 0 Å². The summed E-state index contributed by atoms with van der Waals surface area (Å²) in [6.45, 7) is 4.72. The van der Waals surface area contributed by atoms with Crippen LogP contribution in [0, 0.1) is 35.5 Å². The zero-order valence-corrected chi connectivity index (χ0v) is 20.3. The Balaban J connectivity index is 1.21. The van der Waals surface area contributed by atoms with Gasteiger partial charge >= 0.3 is 0 Å². The Kier molecular flexibility index (Phi) is 10.9. The lowest BCUT2D eigenvalue weighted by Gasteiger charge is -2.38. The van der Waals surface area contributed by atoms with E-state index in [9.17, 15) is 0 Å². The molecule has 3 aliphatic carbocycles. The van der Waals surface area contributed by atoms with Crippen molar-refractivity contribution in [2.45, 2.75) is 149 Å². The second kappa shape index (κ2) is 13.4. The first-order chi connectivity index (χ1) is 14.3. The van der Waals surface area contributed by atoms with Crippen LogP contribution in [-0.4, -0.2) is 0 Å². The fourth-order valence-electron chi connectivity index (χ4n) is 7.33. The summed E-state index contributed by atoms with van der Waals surface area (Å²) < 4.78 is 0. The van der Waals surface area contributed by atoms with Crippen molar-refractivity contribution in [2.75, 3.05) is 0 Å². The van der Waals surface area contributed by atoms with Gasteiger partial charge in [-0.2, -0.15) is 0 Å². The van der Waals surface area contributed by atoms with Gasteiger partial charge in [0.15, 0.2) is 0 Å². The van der Waals surface area contributed by atoms with Gasteiger partial charge in [0, 0.05) is 0 Å². The summed E-state index contributed by atoms with van der Waals surface area (Å²) in [6.07, 6.45) is 32.2. The van der Waals surface area contributed by atoms with Crippen molar-refractivity contribution >= 4 is 0 Å². The highest BCUT2D eigenvalue weighted by atomic mass is 14.4. The zero-order valence-electron chi connectivity index (χ0n) is 20.3. The molecule has 0 unspecified atom stereocenters. The van der Waals surface area contributed by atoms with Crippen LogP contribution in [-0.2, 0) is 0 Å². The lowest BCUT2D eigenvalue weighted by molar-refractivity contribution is 0.137. The second-order valence-electron chi connectivity index (χ2n) is 11.6. The SMILES string of the molecule is CCCCCCCC1CCC(CCC2CCC(C3CCC(CC)CC3)CC2)CC1. The van der Waals surface area contributed by atoms with Crippen molar-refractivity contribution in [1.29, 1.82) is 0 Å². The highest BCUT2D eigenvalue weighted by Crippen LogP contribution is 2.43. The molecule has 0 N–H and O–H groups in total. The van der Waals surface area contributed by atoms with E-state index >= 15 is 0 Å². The van der Waals surface area contributed by atoms with Crippen LogP contribution >= 0.6 is 0 Å². The van der Waals surface area contributed by atoms with Crippen LogP contribution in [0.1, 0.15) is 149 Å². The highest BCUT2D eigenvalue weighted by Gasteiger charge is 2.31. The van der Waals surface area contributed by atoms with Crippen molar-refractivity contribution in [3.8, 4) is 0 Å². The van der Waals surface area contributed by atoms with Crippen LogP contribution in [0.4, 0.5) is 0 Å². The molecule has 0 nitrogen and oxygen atoms in total. The Bertz CT molecular complexity index is 388. The molecule has 0 aromatic carbocycles. The minimum absolute atomic E-state index is 1.07. The Morgan fingerprint density at radius 1 is 0.414 bits per heavy atom. The van der Waals surface area contributed by atoms with Gasteiger partial charge in [0.25, 0.3) is 0 Å². The molecule has 170 valence electrons. The van der Waals surface area contributed by atoms with Crippen molar-refractivity contribution in [1.82, 2.24) is 0 Å². The van der Waals surface area contributed by atoms with Crippen molar-refractivity contribution in [2.24, 2.45) is 35.5 Å². The number of hydrogen-bond acceptors (Lipinski definition) is 0. The topological polar surface area (TPSA) is 0 Å². The van der Waals surface area contributed by atoms with Gasteiger partial charge in [0.1, 0.15) is 0 Å². The fourth-order valence-corrected chi connectivity index (χ4v) is 7.33. The number of rotatable bonds is 11. The molecule has 3 aliphatic rings. The monoisotopic (exact) mass is 402 g/mol. The molecule has 0 heterocycles. The molecule has 3 rings (SSSR count). The Morgan fingerprint density at radius 3 is 1.31 bits per heavy atom. The van der Waals surface area contributed by atoms with Crippen molar-refractivity contribution in [3.63, 3.8) is 0 Å². The van der Waals surface area contributed by atoms with Crippen LogP contribution in [0.15, 0.2) is 0 Å². The standard InChI is InChI=1S/C29H54/c1-3-5-6-7-8-9-25-10-12-26(13-11-25)14-15-27-18-22-29(23-19-27)28-20-16-24(4-2)17-21-28/h24-29H,3-23H2,1-2H3. The molecule has 0 spiro atoms. The second-order valence-corrected chi connectivity index (χ2v) is 11.6. The molecular formula is C29H54. The average molecular weight is 403 g/mol. The predicted octanol–water partition coefficient (Wildman–Crippen LogP) is 9.96. The number of unbranched alkanes of at least 4 members (excludes halogenated alkanes) is 4. The average Bonchev–Trinajstić information content (AvgIpc) is 2.79. The lowest BCUT2D eigenvalue weighted by Crippen LogP contribution is -2.26. The van der Waals surface area contributed by atoms with Gasteiger partial charge in [0.05, 0.1) is 0 Å². The minimum atomic E-state index is 1.07. The predicted molar refractivity (Wildman–Crippen MR) is 129 cm³/mol. The van der Waals surface area contributed by atoms with Crippen molar-refractivity contribution in [3.05, 3.63) is 0 Å². The van der Waals surface area contributed by atoms with E-state index in [1.807, 2.05) is 0 Å². The molecule has 0 aliphatic heterocycles. The van der Waals surface area contributed by atoms with Crippen LogP contribution in [0.25, 0.3) is 0 Å². The van der Waals surface area contributed by atoms with Crippen LogP contribution in [0.5, 0.6) is 0 Å². The molecule has 0 bridgehead atoms. The van der Waals surface area contributed by atoms with Crippen LogP contribution in [0.2, 0.25) is 0 Å². The normalized spacial score (nSPS) is 36.2. The van der Waals surface area contributed by atoms with Crippen molar-refractivity contribution < 1.29 is 0 Å². The molecule has 0 aromatic heterocycles. The minimum Gasteiger partial charge on any atom is -0.0654 e. The first-order valence-corrected chi connectivity index (χ1v) is 14.3. The molecule has 0 atom stereocenters. The Morgan fingerprint density at radius 2 is 0.828 bits per heavy atom. The lowest BCUT2D eigenvalue weighted by atomic mass is 9.68. The zero-order chi connectivity index (χ0) is 20.3. The summed E-state index contributed by atoms with van der Waals surface area (Å²) in [6, 6.07) is 0.